The minimum Gasteiger partial charge on any atom is -0.353 e. The van der Waals surface area contributed by atoms with E-state index in [0.717, 1.165) is 0 Å². The number of nitrogens with zero attached hydrogens (tertiary/aromatic N) is 1. The molecule has 8 heteroatoms. The van der Waals surface area contributed by atoms with Gasteiger partial charge in [-0.2, -0.15) is 0 Å². The van der Waals surface area contributed by atoms with E-state index >= 15 is 0 Å². The largest absolute Gasteiger partial charge is 0.353 e. The Labute approximate surface area is 100 Å². The van der Waals surface area contributed by atoms with Crippen molar-refractivity contribution < 1.29 is 13.2 Å². The number of hydrogen-bond donors (Lipinski definition) is 3. The predicted octanol–water partition coefficient (Wildman–Crippen LogP) is -0.479. The van der Waals surface area contributed by atoms with Gasteiger partial charge in [-0.25, -0.2) is 18.1 Å². The predicted molar refractivity (Wildman–Crippen MR) is 61.8 cm³/mol. The first-order chi connectivity index (χ1) is 7.81. The monoisotopic (exact) mass is 260 g/mol. The number of imidazole rings is 1. The number of sulfonamides is 1. The molecule has 7 nitrogen and oxygen atoms in total. The van der Waals surface area contributed by atoms with E-state index in [2.05, 4.69) is 20.0 Å². The van der Waals surface area contributed by atoms with Crippen LogP contribution in [0.5, 0.6) is 0 Å². The Hall–Kier alpha value is -1.41. The fraction of sp³-hybridized carbons (Fsp3) is 0.556. The van der Waals surface area contributed by atoms with Crippen molar-refractivity contribution in [3.05, 3.63) is 12.0 Å². The lowest BCUT2D eigenvalue weighted by Gasteiger charge is -2.08. The lowest BCUT2D eigenvalue weighted by Crippen LogP contribution is -2.39. The van der Waals surface area contributed by atoms with E-state index in [1.807, 2.05) is 0 Å². The number of carbonyl (C=O) groups excluding carboxylic acids is 1. The summed E-state index contributed by atoms with van der Waals surface area (Å²) in [6, 6.07) is -0.0265. The number of aromatic amines is 1. The minimum atomic E-state index is -3.70. The number of aromatic nitrogens is 2. The van der Waals surface area contributed by atoms with E-state index in [1.165, 1.54) is 6.20 Å². The average molecular weight is 260 g/mol. The molecule has 1 rings (SSSR count). The van der Waals surface area contributed by atoms with Gasteiger partial charge in [0.15, 0.2) is 5.03 Å². The summed E-state index contributed by atoms with van der Waals surface area (Å²) in [7, 11) is -3.70. The summed E-state index contributed by atoms with van der Waals surface area (Å²) in [4.78, 5) is 17.6. The fourth-order valence-corrected chi connectivity index (χ4v) is 2.10. The summed E-state index contributed by atoms with van der Waals surface area (Å²) in [5, 5.41) is 2.53. The third-order valence-corrected chi connectivity index (χ3v) is 3.15. The van der Waals surface area contributed by atoms with Gasteiger partial charge in [-0.1, -0.05) is 0 Å². The van der Waals surface area contributed by atoms with Gasteiger partial charge in [-0.05, 0) is 20.8 Å². The van der Waals surface area contributed by atoms with Gasteiger partial charge >= 0.3 is 0 Å². The van der Waals surface area contributed by atoms with Crippen molar-refractivity contribution in [1.82, 2.24) is 20.0 Å². The zero-order valence-electron chi connectivity index (χ0n) is 9.94. The summed E-state index contributed by atoms with van der Waals surface area (Å²) in [5.41, 5.74) is 0. The van der Waals surface area contributed by atoms with E-state index in [1.54, 1.807) is 20.8 Å². The van der Waals surface area contributed by atoms with E-state index < -0.39 is 10.0 Å². The highest BCUT2D eigenvalue weighted by Gasteiger charge is 2.17. The Morgan fingerprint density at radius 1 is 1.53 bits per heavy atom. The Kier molecular flexibility index (Phi) is 4.24. The summed E-state index contributed by atoms with van der Waals surface area (Å²) < 4.78 is 25.5. The number of hydrogen-bond acceptors (Lipinski definition) is 4. The molecular weight excluding hydrogens is 244 g/mol. The van der Waals surface area contributed by atoms with Gasteiger partial charge in [0, 0.05) is 6.04 Å². The van der Waals surface area contributed by atoms with Gasteiger partial charge in [0.2, 0.25) is 5.91 Å². The second-order valence-corrected chi connectivity index (χ2v) is 5.62. The quantitative estimate of drug-likeness (QED) is 0.665. The molecule has 1 aromatic rings. The van der Waals surface area contributed by atoms with Crippen molar-refractivity contribution in [1.29, 1.82) is 0 Å². The molecule has 0 aromatic carbocycles. The maximum Gasteiger partial charge on any atom is 0.258 e. The molecule has 0 radical (unpaired) electrons. The topological polar surface area (TPSA) is 104 Å². The Balaban J connectivity index is 2.60. The normalized spacial score (nSPS) is 11.8. The van der Waals surface area contributed by atoms with Gasteiger partial charge in [0.1, 0.15) is 5.82 Å². The fourth-order valence-electron chi connectivity index (χ4n) is 1.15. The highest BCUT2D eigenvalue weighted by molar-refractivity contribution is 7.89. The van der Waals surface area contributed by atoms with Crippen LogP contribution in [0, 0.1) is 6.92 Å². The highest BCUT2D eigenvalue weighted by Crippen LogP contribution is 2.03. The van der Waals surface area contributed by atoms with Crippen LogP contribution in [0.15, 0.2) is 11.2 Å². The van der Waals surface area contributed by atoms with Gasteiger partial charge in [0.25, 0.3) is 10.0 Å². The van der Waals surface area contributed by atoms with Gasteiger partial charge in [-0.15, -0.1) is 0 Å². The highest BCUT2D eigenvalue weighted by atomic mass is 32.2. The molecule has 1 amide bonds. The maximum atomic E-state index is 11.7. The van der Waals surface area contributed by atoms with Crippen LogP contribution in [-0.4, -0.2) is 36.9 Å². The number of carbonyl (C=O) groups is 1. The first-order valence-electron chi connectivity index (χ1n) is 5.12. The molecule has 1 aromatic heterocycles. The van der Waals surface area contributed by atoms with Crippen LogP contribution >= 0.6 is 0 Å². The zero-order valence-corrected chi connectivity index (χ0v) is 10.8. The van der Waals surface area contributed by atoms with Crippen molar-refractivity contribution >= 4 is 15.9 Å². The molecule has 0 saturated carbocycles. The molecule has 0 saturated heterocycles. The molecule has 0 aliphatic rings. The van der Waals surface area contributed by atoms with Crippen LogP contribution in [0.25, 0.3) is 0 Å². The number of rotatable bonds is 5. The SMILES string of the molecule is Cc1ncc(S(=O)(=O)NCC(=O)NC(C)C)[nH]1. The molecule has 0 atom stereocenters. The molecule has 0 fully saturated rings. The first-order valence-corrected chi connectivity index (χ1v) is 6.60. The van der Waals surface area contributed by atoms with Crippen LogP contribution < -0.4 is 10.0 Å². The van der Waals surface area contributed by atoms with Crippen molar-refractivity contribution in [2.24, 2.45) is 0 Å². The van der Waals surface area contributed by atoms with Crippen molar-refractivity contribution in [2.75, 3.05) is 6.54 Å². The molecule has 0 bridgehead atoms. The smallest absolute Gasteiger partial charge is 0.258 e. The molecule has 0 spiro atoms. The number of aryl methyl sites for hydroxylation is 1. The Bertz CT molecular complexity index is 492. The van der Waals surface area contributed by atoms with Crippen LogP contribution in [0.4, 0.5) is 0 Å². The summed E-state index contributed by atoms with van der Waals surface area (Å²) >= 11 is 0. The zero-order chi connectivity index (χ0) is 13.1. The lowest BCUT2D eigenvalue weighted by molar-refractivity contribution is -0.120. The number of H-pyrrole nitrogens is 1. The summed E-state index contributed by atoms with van der Waals surface area (Å²) in [5.74, 6) is 0.122. The van der Waals surface area contributed by atoms with Crippen LogP contribution in [-0.2, 0) is 14.8 Å². The van der Waals surface area contributed by atoms with Crippen LogP contribution in [0.2, 0.25) is 0 Å². The molecule has 96 valence electrons. The van der Waals surface area contributed by atoms with Crippen LogP contribution in [0.1, 0.15) is 19.7 Å². The molecule has 0 unspecified atom stereocenters. The molecule has 17 heavy (non-hydrogen) atoms. The van der Waals surface area contributed by atoms with Crippen molar-refractivity contribution in [2.45, 2.75) is 31.8 Å². The standard InChI is InChI=1S/C9H16N4O3S/c1-6(2)12-8(14)4-11-17(15,16)9-5-10-7(3)13-9/h5-6,11H,4H2,1-3H3,(H,10,13)(H,12,14). The van der Waals surface area contributed by atoms with Gasteiger partial charge < -0.3 is 10.3 Å². The maximum absolute atomic E-state index is 11.7. The molecular formula is C9H16N4O3S. The van der Waals surface area contributed by atoms with E-state index in [-0.39, 0.29) is 23.5 Å². The third kappa shape index (κ3) is 4.16. The minimum absolute atomic E-state index is 0.0265. The summed E-state index contributed by atoms with van der Waals surface area (Å²) in [6.45, 7) is 4.94. The first kappa shape index (κ1) is 13.7. The molecule has 0 aliphatic carbocycles. The van der Waals surface area contributed by atoms with E-state index in [0.29, 0.717) is 5.82 Å². The molecule has 0 aliphatic heterocycles. The van der Waals surface area contributed by atoms with Crippen molar-refractivity contribution in [3.8, 4) is 0 Å². The summed E-state index contributed by atoms with van der Waals surface area (Å²) in [6.07, 6.45) is 1.21. The second-order valence-electron chi connectivity index (χ2n) is 3.88. The van der Waals surface area contributed by atoms with E-state index in [9.17, 15) is 13.2 Å². The van der Waals surface area contributed by atoms with Gasteiger partial charge in [-0.3, -0.25) is 4.79 Å². The van der Waals surface area contributed by atoms with Crippen molar-refractivity contribution in [3.63, 3.8) is 0 Å². The van der Waals surface area contributed by atoms with Gasteiger partial charge in [0.05, 0.1) is 12.7 Å². The molecule has 1 heterocycles. The lowest BCUT2D eigenvalue weighted by atomic mass is 10.4. The Morgan fingerprint density at radius 2 is 2.18 bits per heavy atom. The molecule has 3 N–H and O–H groups in total. The third-order valence-electron chi connectivity index (χ3n) is 1.84. The Morgan fingerprint density at radius 3 is 2.65 bits per heavy atom. The number of amides is 1. The van der Waals surface area contributed by atoms with E-state index in [4.69, 9.17) is 0 Å². The van der Waals surface area contributed by atoms with Crippen LogP contribution in [0.3, 0.4) is 0 Å². The second kappa shape index (κ2) is 5.28. The number of nitrogens with one attached hydrogen (secondary N) is 3. The average Bonchev–Trinajstić information content (AvgIpc) is 2.62.